The van der Waals surface area contributed by atoms with Gasteiger partial charge in [-0.1, -0.05) is 78.7 Å². The molecule has 0 radical (unpaired) electrons. The van der Waals surface area contributed by atoms with Gasteiger partial charge in [-0.05, 0) is 49.6 Å². The van der Waals surface area contributed by atoms with Crippen molar-refractivity contribution in [3.63, 3.8) is 0 Å². The number of rotatable bonds is 12. The van der Waals surface area contributed by atoms with Crippen LogP contribution in [-0.2, 0) is 32.6 Å². The number of halogens is 2. The molecule has 3 aromatic rings. The molecular weight excluding hydrogens is 597 g/mol. The van der Waals surface area contributed by atoms with Crippen LogP contribution in [0.15, 0.2) is 77.7 Å². The summed E-state index contributed by atoms with van der Waals surface area (Å²) < 4.78 is 26.8. The molecule has 0 aliphatic carbocycles. The molecule has 11 heteroatoms. The molecule has 222 valence electrons. The number of benzene rings is 3. The molecule has 1 aliphatic heterocycles. The molecule has 0 aromatic heterocycles. The Kier molecular flexibility index (Phi) is 10.3. The smallest absolute Gasteiger partial charge is 0.269 e. The van der Waals surface area contributed by atoms with E-state index in [0.29, 0.717) is 22.0 Å². The zero-order valence-corrected chi connectivity index (χ0v) is 25.8. The zero-order valence-electron chi connectivity index (χ0n) is 23.4. The first-order chi connectivity index (χ1) is 20.0. The van der Waals surface area contributed by atoms with Gasteiger partial charge in [-0.2, -0.15) is 0 Å². The van der Waals surface area contributed by atoms with Crippen LogP contribution in [0.4, 0.5) is 0 Å². The summed E-state index contributed by atoms with van der Waals surface area (Å²) >= 11 is 13.0. The summed E-state index contributed by atoms with van der Waals surface area (Å²) in [6, 6.07) is 19.4. The Morgan fingerprint density at radius 1 is 0.952 bits per heavy atom. The second-order valence-electron chi connectivity index (χ2n) is 10.2. The largest absolute Gasteiger partial charge is 0.352 e. The third kappa shape index (κ3) is 6.97. The molecule has 1 aliphatic rings. The minimum absolute atomic E-state index is 0.0326. The van der Waals surface area contributed by atoms with Gasteiger partial charge in [0, 0.05) is 47.6 Å². The van der Waals surface area contributed by atoms with E-state index in [1.807, 2.05) is 44.2 Å². The highest BCUT2D eigenvalue weighted by Gasteiger charge is 2.40. The normalized spacial score (nSPS) is 15.1. The topological polar surface area (TPSA) is 104 Å². The Bertz CT molecular complexity index is 1550. The van der Waals surface area contributed by atoms with Crippen molar-refractivity contribution < 1.29 is 22.8 Å². The SMILES string of the molecule is CC[C@H](C)NC(=O)[C@H](Cc1ccccc1)N(Cc1c(Cl)cccc1Cl)C(=O)CCCN1C(=O)c2ccccc2S1(=O)=O. The van der Waals surface area contributed by atoms with E-state index in [9.17, 15) is 22.8 Å². The van der Waals surface area contributed by atoms with Crippen molar-refractivity contribution in [2.75, 3.05) is 6.54 Å². The molecule has 0 bridgehead atoms. The Morgan fingerprint density at radius 2 is 1.60 bits per heavy atom. The summed E-state index contributed by atoms with van der Waals surface area (Å²) in [7, 11) is -4.00. The molecule has 0 saturated carbocycles. The Morgan fingerprint density at radius 3 is 2.24 bits per heavy atom. The molecule has 1 N–H and O–H groups in total. The van der Waals surface area contributed by atoms with E-state index >= 15 is 0 Å². The first-order valence-corrected chi connectivity index (χ1v) is 16.0. The summed E-state index contributed by atoms with van der Waals surface area (Å²) in [5, 5.41) is 3.71. The Balaban J connectivity index is 1.61. The lowest BCUT2D eigenvalue weighted by Gasteiger charge is -2.33. The lowest BCUT2D eigenvalue weighted by molar-refractivity contribution is -0.141. The van der Waals surface area contributed by atoms with Crippen LogP contribution in [-0.4, -0.2) is 54.0 Å². The highest BCUT2D eigenvalue weighted by molar-refractivity contribution is 7.90. The van der Waals surface area contributed by atoms with E-state index in [4.69, 9.17) is 23.2 Å². The predicted octanol–water partition coefficient (Wildman–Crippen LogP) is 5.47. The van der Waals surface area contributed by atoms with Gasteiger partial charge in [0.25, 0.3) is 15.9 Å². The van der Waals surface area contributed by atoms with Gasteiger partial charge in [-0.25, -0.2) is 12.7 Å². The van der Waals surface area contributed by atoms with Crippen molar-refractivity contribution in [2.45, 2.75) is 63.1 Å². The standard InChI is InChI=1S/C31H33Cl2N3O5S/c1-3-21(2)34-30(38)27(19-22-11-5-4-6-12-22)35(20-24-25(32)14-9-15-26(24)33)29(37)17-10-18-36-31(39)23-13-7-8-16-28(23)42(36,40)41/h4-9,11-16,21,27H,3,10,17-20H2,1-2H3,(H,34,38)/t21-,27-/m0/s1. The highest BCUT2D eigenvalue weighted by Crippen LogP contribution is 2.31. The van der Waals surface area contributed by atoms with Gasteiger partial charge in [0.2, 0.25) is 11.8 Å². The second-order valence-corrected chi connectivity index (χ2v) is 12.9. The van der Waals surface area contributed by atoms with Gasteiger partial charge in [0.05, 0.1) is 5.56 Å². The van der Waals surface area contributed by atoms with Crippen molar-refractivity contribution in [3.8, 4) is 0 Å². The Labute approximate surface area is 256 Å². The fourth-order valence-corrected chi connectivity index (χ4v) is 6.94. The van der Waals surface area contributed by atoms with Gasteiger partial charge in [-0.3, -0.25) is 14.4 Å². The van der Waals surface area contributed by atoms with Crippen LogP contribution < -0.4 is 5.32 Å². The van der Waals surface area contributed by atoms with Gasteiger partial charge in [0.1, 0.15) is 10.9 Å². The molecule has 42 heavy (non-hydrogen) atoms. The van der Waals surface area contributed by atoms with E-state index in [1.165, 1.54) is 17.0 Å². The molecule has 3 amide bonds. The van der Waals surface area contributed by atoms with Crippen molar-refractivity contribution in [1.82, 2.24) is 14.5 Å². The summed E-state index contributed by atoms with van der Waals surface area (Å²) in [5.74, 6) is -1.34. The molecule has 0 saturated heterocycles. The predicted molar refractivity (Wildman–Crippen MR) is 163 cm³/mol. The van der Waals surface area contributed by atoms with Crippen molar-refractivity contribution in [2.24, 2.45) is 0 Å². The number of nitrogens with zero attached hydrogens (tertiary/aromatic N) is 2. The van der Waals surface area contributed by atoms with Crippen LogP contribution >= 0.6 is 23.2 Å². The van der Waals surface area contributed by atoms with Crippen LogP contribution in [0.1, 0.15) is 54.6 Å². The van der Waals surface area contributed by atoms with Crippen LogP contribution in [0.25, 0.3) is 0 Å². The van der Waals surface area contributed by atoms with E-state index in [-0.39, 0.29) is 54.8 Å². The molecule has 0 spiro atoms. The molecule has 8 nitrogen and oxygen atoms in total. The van der Waals surface area contributed by atoms with Crippen LogP contribution in [0.2, 0.25) is 10.0 Å². The minimum atomic E-state index is -4.00. The van der Waals surface area contributed by atoms with E-state index in [0.717, 1.165) is 9.87 Å². The van der Waals surface area contributed by atoms with E-state index in [1.54, 1.807) is 30.3 Å². The summed E-state index contributed by atoms with van der Waals surface area (Å²) in [5.41, 5.74) is 1.47. The first kappa shape index (κ1) is 31.5. The number of fused-ring (bicyclic) bond motifs is 1. The van der Waals surface area contributed by atoms with Gasteiger partial charge < -0.3 is 10.2 Å². The maximum absolute atomic E-state index is 13.9. The number of nitrogens with one attached hydrogen (secondary N) is 1. The van der Waals surface area contributed by atoms with Crippen molar-refractivity contribution in [1.29, 1.82) is 0 Å². The summed E-state index contributed by atoms with van der Waals surface area (Å²) in [6.07, 6.45) is 0.898. The second kappa shape index (κ2) is 13.7. The number of amides is 3. The van der Waals surface area contributed by atoms with E-state index in [2.05, 4.69) is 5.32 Å². The Hall–Kier alpha value is -3.40. The van der Waals surface area contributed by atoms with Crippen LogP contribution in [0.5, 0.6) is 0 Å². The van der Waals surface area contributed by atoms with Gasteiger partial charge in [0.15, 0.2) is 0 Å². The fourth-order valence-electron chi connectivity index (χ4n) is 4.82. The van der Waals surface area contributed by atoms with Crippen LogP contribution in [0, 0.1) is 0 Å². The first-order valence-electron chi connectivity index (χ1n) is 13.8. The fraction of sp³-hybridized carbons (Fsp3) is 0.323. The zero-order chi connectivity index (χ0) is 30.4. The maximum atomic E-state index is 13.9. The van der Waals surface area contributed by atoms with Gasteiger partial charge in [-0.15, -0.1) is 0 Å². The minimum Gasteiger partial charge on any atom is -0.352 e. The molecule has 2 atom stereocenters. The van der Waals surface area contributed by atoms with Crippen molar-refractivity contribution in [3.05, 3.63) is 99.5 Å². The quantitative estimate of drug-likeness (QED) is 0.286. The number of carbonyl (C=O) groups excluding carboxylic acids is 3. The lowest BCUT2D eigenvalue weighted by Crippen LogP contribution is -2.52. The number of hydrogen-bond donors (Lipinski definition) is 1. The molecule has 0 unspecified atom stereocenters. The summed E-state index contributed by atoms with van der Waals surface area (Å²) in [4.78, 5) is 41.8. The highest BCUT2D eigenvalue weighted by atomic mass is 35.5. The molecule has 0 fully saturated rings. The monoisotopic (exact) mass is 629 g/mol. The number of carbonyl (C=O) groups is 3. The molecule has 1 heterocycles. The lowest BCUT2D eigenvalue weighted by atomic mass is 10.0. The third-order valence-electron chi connectivity index (χ3n) is 7.33. The molecule has 3 aromatic carbocycles. The van der Waals surface area contributed by atoms with Gasteiger partial charge >= 0.3 is 0 Å². The average Bonchev–Trinajstić information content (AvgIpc) is 3.17. The maximum Gasteiger partial charge on any atom is 0.269 e. The van der Waals surface area contributed by atoms with E-state index < -0.39 is 27.9 Å². The third-order valence-corrected chi connectivity index (χ3v) is 9.87. The molecule has 4 rings (SSSR count). The van der Waals surface area contributed by atoms with Crippen molar-refractivity contribution >= 4 is 50.9 Å². The van der Waals surface area contributed by atoms with Crippen LogP contribution in [0.3, 0.4) is 0 Å². The number of sulfonamides is 1. The summed E-state index contributed by atoms with van der Waals surface area (Å²) in [6.45, 7) is 3.63. The average molecular weight is 631 g/mol. The molecular formula is C31H33Cl2N3O5S. The number of hydrogen-bond acceptors (Lipinski definition) is 5.